The van der Waals surface area contributed by atoms with E-state index in [1.807, 2.05) is 48.5 Å². The summed E-state index contributed by atoms with van der Waals surface area (Å²) < 4.78 is 28.0. The van der Waals surface area contributed by atoms with Gasteiger partial charge in [-0.25, -0.2) is 0 Å². The van der Waals surface area contributed by atoms with Crippen LogP contribution in [0.3, 0.4) is 0 Å². The minimum atomic E-state index is -0.311. The Morgan fingerprint density at radius 2 is 0.437 bits per heavy atom. The second-order valence-electron chi connectivity index (χ2n) is 24.3. The summed E-state index contributed by atoms with van der Waals surface area (Å²) in [5.74, 6) is 3.26. The molecule has 4 unspecified atom stereocenters. The van der Waals surface area contributed by atoms with Gasteiger partial charge in [-0.2, -0.15) is 21.0 Å². The molecule has 498 valence electrons. The minimum Gasteiger partial charge on any atom is -0.786 e. The normalized spacial score (nSPS) is 12.6. The van der Waals surface area contributed by atoms with Crippen molar-refractivity contribution in [2.45, 2.75) is 306 Å². The Kier molecular flexibility index (Phi) is 53.2. The fourth-order valence-electron chi connectivity index (χ4n) is 11.0. The first-order valence-electron chi connectivity index (χ1n) is 35.1. The van der Waals surface area contributed by atoms with E-state index in [1.165, 1.54) is 231 Å². The van der Waals surface area contributed by atoms with Gasteiger partial charge in [-0.1, -0.05) is 349 Å². The molecule has 4 aromatic rings. The van der Waals surface area contributed by atoms with Crippen LogP contribution in [0.5, 0.6) is 23.0 Å². The minimum absolute atomic E-state index is 0. The molecule has 4 rings (SSSR count). The molecule has 0 N–H and O–H groups in total. The predicted octanol–water partition coefficient (Wildman–Crippen LogP) is 25.8. The van der Waals surface area contributed by atoms with Crippen LogP contribution in [0.15, 0.2) is 93.9 Å². The van der Waals surface area contributed by atoms with Gasteiger partial charge in [0.1, 0.15) is 0 Å². The van der Waals surface area contributed by atoms with E-state index in [9.17, 15) is 0 Å². The molecule has 0 spiro atoms. The van der Waals surface area contributed by atoms with Crippen molar-refractivity contribution in [3.05, 3.63) is 116 Å². The van der Waals surface area contributed by atoms with E-state index in [4.69, 9.17) is 69.5 Å². The predicted molar refractivity (Wildman–Crippen MR) is 391 cm³/mol. The third-order valence-corrected chi connectivity index (χ3v) is 20.1. The van der Waals surface area contributed by atoms with Crippen molar-refractivity contribution in [3.63, 3.8) is 0 Å². The van der Waals surface area contributed by atoms with Gasteiger partial charge in [0.15, 0.2) is 23.0 Å². The molecule has 4 aromatic carbocycles. The Balaban J connectivity index is 0.00000115. The van der Waals surface area contributed by atoms with Crippen molar-refractivity contribution in [3.8, 4) is 23.0 Å². The Bertz CT molecular complexity index is 2030. The molecule has 87 heavy (non-hydrogen) atoms. The summed E-state index contributed by atoms with van der Waals surface area (Å²) in [6.45, 7) is 12.0. The van der Waals surface area contributed by atoms with Gasteiger partial charge in [-0.05, 0) is 74.2 Å². The van der Waals surface area contributed by atoms with E-state index in [2.05, 4.69) is 96.0 Å². The molecule has 4 atom stereocenters. The van der Waals surface area contributed by atoms with E-state index in [-0.39, 0.29) is 37.5 Å². The molecule has 0 heterocycles. The van der Waals surface area contributed by atoms with Gasteiger partial charge in [-0.15, -0.1) is 0 Å². The van der Waals surface area contributed by atoms with Crippen molar-refractivity contribution in [1.82, 2.24) is 0 Å². The number of hydrogen-bond donors (Lipinski definition) is 0. The van der Waals surface area contributed by atoms with E-state index in [1.54, 1.807) is 0 Å². The standard InChI is InChI=1S/C62H110O4S2.C14H12Br2S2.Ni/c1-5-9-13-17-21-25-29-33-37-41-49-63-57-47-45-55(53-59(57)65-51-43-39-35-31-27-23-19-15-11-7-3)61(67)62(68)56-46-48-58(64-50-42-38-34-30-26-22-18-14-10-6-2)60(54-56)66-52-44-40-36-32-28-24-20-16-12-8-4;15-11-5-1-9(2-6-11)13(17)14(18)10-3-7-12(16)8-4-10;/h45-48,53-54,61-62,67-68H,5-44,49-52H2,1-4H3;1-8,13-14,17-18H;/p-4. The molecule has 4 nitrogen and oxygen atoms in total. The van der Waals surface area contributed by atoms with Crippen molar-refractivity contribution in [2.75, 3.05) is 26.4 Å². The molecule has 0 aliphatic rings. The molecule has 0 saturated heterocycles. The van der Waals surface area contributed by atoms with Crippen LogP contribution in [-0.4, -0.2) is 26.4 Å². The average molecular weight is 1440 g/mol. The SMILES string of the molecule is CCCCCCCCCCCCOc1ccc(C([S-])C([S-])c2ccc(OCCCCCCCCCCCC)c(OCCCCCCCCCCCC)c2)cc1OCCCCCCCCCCCC.[Ni].[S-]C(c1ccc(Br)cc1)C([S-])c1ccc(Br)cc1. The first-order valence-corrected chi connectivity index (χ1v) is 38.5. The first-order chi connectivity index (χ1) is 42.1. The second kappa shape index (κ2) is 56.5. The van der Waals surface area contributed by atoms with E-state index in [0.29, 0.717) is 26.4 Å². The van der Waals surface area contributed by atoms with Crippen LogP contribution in [0.2, 0.25) is 0 Å². The zero-order valence-electron chi connectivity index (χ0n) is 54.8. The van der Waals surface area contributed by atoms with E-state index >= 15 is 0 Å². The number of ether oxygens (including phenoxy) is 4. The Labute approximate surface area is 583 Å². The smallest absolute Gasteiger partial charge is 0.161 e. The molecule has 0 aliphatic carbocycles. The zero-order valence-corrected chi connectivity index (χ0v) is 62.3. The molecule has 11 heteroatoms. The van der Waals surface area contributed by atoms with Crippen molar-refractivity contribution in [2.24, 2.45) is 0 Å². The second-order valence-corrected chi connectivity index (χ2v) is 28.2. The molecule has 0 aromatic heterocycles. The van der Waals surface area contributed by atoms with Gasteiger partial charge in [0.05, 0.1) is 26.4 Å². The number of halogens is 2. The Morgan fingerprint density at radius 3 is 0.667 bits per heavy atom. The summed E-state index contributed by atoms with van der Waals surface area (Å²) in [4.78, 5) is 0. The summed E-state index contributed by atoms with van der Waals surface area (Å²) in [6, 6.07) is 28.7. The van der Waals surface area contributed by atoms with Crippen molar-refractivity contribution < 1.29 is 35.4 Å². The van der Waals surface area contributed by atoms with Crippen LogP contribution in [-0.2, 0) is 67.0 Å². The number of unbranched alkanes of at least 4 members (excludes halogenated alkanes) is 36. The molecule has 0 radical (unpaired) electrons. The van der Waals surface area contributed by atoms with Gasteiger partial charge in [0.2, 0.25) is 0 Å². The molecule has 0 amide bonds. The summed E-state index contributed by atoms with van der Waals surface area (Å²) >= 11 is 30.5. The van der Waals surface area contributed by atoms with Crippen molar-refractivity contribution >= 4 is 82.4 Å². The van der Waals surface area contributed by atoms with E-state index < -0.39 is 0 Å². The van der Waals surface area contributed by atoms with E-state index in [0.717, 1.165) is 79.9 Å². The maximum Gasteiger partial charge on any atom is 0.161 e. The van der Waals surface area contributed by atoms with Gasteiger partial charge >= 0.3 is 0 Å². The number of benzene rings is 4. The molecule has 0 bridgehead atoms. The maximum absolute atomic E-state index is 6.53. The van der Waals surface area contributed by atoms with Crippen LogP contribution >= 0.6 is 31.9 Å². The maximum atomic E-state index is 6.53. The molecular formula is C76H118Br2NiO4S4-4. The fourth-order valence-corrected chi connectivity index (χ4v) is 12.7. The van der Waals surface area contributed by atoms with Crippen LogP contribution in [0.4, 0.5) is 0 Å². The van der Waals surface area contributed by atoms with Gasteiger partial charge < -0.3 is 69.5 Å². The van der Waals surface area contributed by atoms with Crippen LogP contribution in [0.25, 0.3) is 0 Å². The quantitative estimate of drug-likeness (QED) is 0.0246. The first kappa shape index (κ1) is 82.0. The van der Waals surface area contributed by atoms with Crippen molar-refractivity contribution in [1.29, 1.82) is 0 Å². The van der Waals surface area contributed by atoms with Gasteiger partial charge in [0, 0.05) is 25.4 Å². The van der Waals surface area contributed by atoms with Crippen LogP contribution in [0.1, 0.15) is 328 Å². The Morgan fingerprint density at radius 1 is 0.253 bits per heavy atom. The Hall–Kier alpha value is -1.07. The topological polar surface area (TPSA) is 36.9 Å². The monoisotopic (exact) mass is 1440 g/mol. The molecule has 0 saturated carbocycles. The summed E-state index contributed by atoms with van der Waals surface area (Å²) in [5.41, 5.74) is 4.21. The van der Waals surface area contributed by atoms with Gasteiger partial charge in [0.25, 0.3) is 0 Å². The van der Waals surface area contributed by atoms with Crippen LogP contribution in [0, 0.1) is 0 Å². The third kappa shape index (κ3) is 39.9. The number of hydrogen-bond acceptors (Lipinski definition) is 8. The summed E-state index contributed by atoms with van der Waals surface area (Å²) in [6.07, 6.45) is 52.3. The van der Waals surface area contributed by atoms with Gasteiger partial charge in [-0.3, -0.25) is 0 Å². The average Bonchev–Trinajstić information content (AvgIpc) is 3.30. The third-order valence-electron chi connectivity index (χ3n) is 16.6. The molecular weight excluding hydrogens is 1320 g/mol. The fraction of sp³-hybridized carbons (Fsp3) is 0.684. The summed E-state index contributed by atoms with van der Waals surface area (Å²) in [7, 11) is 0. The molecule has 0 aliphatic heterocycles. The number of rotatable bonds is 54. The largest absolute Gasteiger partial charge is 0.786 e. The molecule has 0 fully saturated rings. The van der Waals surface area contributed by atoms with Crippen LogP contribution < -0.4 is 18.9 Å². The zero-order chi connectivity index (χ0) is 61.9. The summed E-state index contributed by atoms with van der Waals surface area (Å²) in [5, 5.41) is -0.800.